The number of amides is 1. The fraction of sp³-hybridized carbons (Fsp3) is 0. The topological polar surface area (TPSA) is 63.0 Å². The van der Waals surface area contributed by atoms with Crippen molar-refractivity contribution in [3.63, 3.8) is 0 Å². The smallest absolute Gasteiger partial charge is 0.248 e. The molecule has 0 atom stereocenters. The molecule has 11 heavy (non-hydrogen) atoms. The van der Waals surface area contributed by atoms with Crippen LogP contribution >= 0.6 is 11.6 Å². The van der Waals surface area contributed by atoms with Crippen molar-refractivity contribution in [1.82, 2.24) is 0 Å². The molecule has 0 saturated carbocycles. The first-order chi connectivity index (χ1) is 5.11. The van der Waals surface area contributed by atoms with Gasteiger partial charge in [0.1, 0.15) is 0 Å². The van der Waals surface area contributed by atoms with Crippen molar-refractivity contribution in [3.05, 3.63) is 28.8 Å². The molecule has 0 aliphatic heterocycles. The highest BCUT2D eigenvalue weighted by Crippen LogP contribution is 2.23. The predicted octanol–water partition coefficient (Wildman–Crippen LogP) is 1.58. The van der Waals surface area contributed by atoms with Crippen LogP contribution in [-0.4, -0.2) is 5.91 Å². The zero-order valence-corrected chi connectivity index (χ0v) is 6.26. The zero-order valence-electron chi connectivity index (χ0n) is 5.50. The lowest BCUT2D eigenvalue weighted by Gasteiger charge is -1.95. The second-order valence-electron chi connectivity index (χ2n) is 2.01. The molecule has 1 aromatic carbocycles. The highest BCUT2D eigenvalue weighted by molar-refractivity contribution is 6.32. The van der Waals surface area contributed by atoms with Gasteiger partial charge >= 0.3 is 0 Å². The Kier molecular flexibility index (Phi) is 2.01. The number of primary amides is 1. The fourth-order valence-electron chi connectivity index (χ4n) is 0.654. The lowest BCUT2D eigenvalue weighted by Crippen LogP contribution is -2.10. The third-order valence-electron chi connectivity index (χ3n) is 1.22. The number of halogens is 1. The summed E-state index contributed by atoms with van der Waals surface area (Å²) < 4.78 is 0. The lowest BCUT2D eigenvalue weighted by atomic mass is 10.2. The van der Waals surface area contributed by atoms with E-state index in [2.05, 4.69) is 0 Å². The Morgan fingerprint density at radius 3 is 2.55 bits per heavy atom. The molecule has 1 rings (SSSR count). The summed E-state index contributed by atoms with van der Waals surface area (Å²) >= 11 is 5.44. The molecule has 0 fully saturated rings. The second kappa shape index (κ2) is 2.80. The van der Waals surface area contributed by atoms with Gasteiger partial charge < -0.3 is 5.73 Å². The van der Waals surface area contributed by atoms with Crippen LogP contribution in [0.2, 0.25) is 5.02 Å². The SMILES string of the molecule is NC(=O)c1ccc([O])c(Cl)c1. The Labute approximate surface area is 68.4 Å². The number of benzene rings is 1. The molecule has 0 spiro atoms. The van der Waals surface area contributed by atoms with Crippen LogP contribution in [-0.2, 0) is 5.11 Å². The molecule has 0 aliphatic carbocycles. The van der Waals surface area contributed by atoms with Crippen LogP contribution < -0.4 is 5.73 Å². The van der Waals surface area contributed by atoms with E-state index in [9.17, 15) is 9.90 Å². The average Bonchev–Trinajstić information content (AvgIpc) is 1.94. The van der Waals surface area contributed by atoms with Gasteiger partial charge in [-0.2, -0.15) is 0 Å². The van der Waals surface area contributed by atoms with Crippen LogP contribution in [0, 0.1) is 0 Å². The summed E-state index contributed by atoms with van der Waals surface area (Å²) in [6.07, 6.45) is 0. The maximum absolute atomic E-state index is 10.7. The first-order valence-electron chi connectivity index (χ1n) is 2.87. The van der Waals surface area contributed by atoms with E-state index in [1.54, 1.807) is 0 Å². The van der Waals surface area contributed by atoms with Crippen molar-refractivity contribution in [2.45, 2.75) is 0 Å². The van der Waals surface area contributed by atoms with E-state index in [1.807, 2.05) is 0 Å². The third-order valence-corrected chi connectivity index (χ3v) is 1.51. The molecule has 0 heterocycles. The minimum Gasteiger partial charge on any atom is -0.366 e. The van der Waals surface area contributed by atoms with E-state index in [-0.39, 0.29) is 16.3 Å². The van der Waals surface area contributed by atoms with Gasteiger partial charge in [0.2, 0.25) is 5.91 Å². The van der Waals surface area contributed by atoms with E-state index in [1.165, 1.54) is 18.2 Å². The van der Waals surface area contributed by atoms with Crippen LogP contribution in [0.15, 0.2) is 18.2 Å². The lowest BCUT2D eigenvalue weighted by molar-refractivity contribution is 0.100. The summed E-state index contributed by atoms with van der Waals surface area (Å²) in [7, 11) is 0. The summed E-state index contributed by atoms with van der Waals surface area (Å²) in [6.45, 7) is 0. The Hall–Kier alpha value is -1.22. The van der Waals surface area contributed by atoms with Gasteiger partial charge in [0, 0.05) is 5.56 Å². The molecule has 0 bridgehead atoms. The Morgan fingerprint density at radius 2 is 2.09 bits per heavy atom. The molecule has 3 nitrogen and oxygen atoms in total. The molecular weight excluding hydrogens is 166 g/mol. The second-order valence-corrected chi connectivity index (χ2v) is 2.42. The van der Waals surface area contributed by atoms with Gasteiger partial charge in [-0.3, -0.25) is 9.90 Å². The highest BCUT2D eigenvalue weighted by Gasteiger charge is 2.04. The zero-order chi connectivity index (χ0) is 8.43. The van der Waals surface area contributed by atoms with E-state index in [4.69, 9.17) is 17.3 Å². The van der Waals surface area contributed by atoms with Crippen molar-refractivity contribution in [2.24, 2.45) is 5.73 Å². The van der Waals surface area contributed by atoms with Gasteiger partial charge in [0.25, 0.3) is 0 Å². The number of hydrogen-bond donors (Lipinski definition) is 1. The minimum absolute atomic E-state index is 0.0151. The first-order valence-corrected chi connectivity index (χ1v) is 3.25. The number of nitrogens with two attached hydrogens (primary N) is 1. The molecule has 0 aliphatic rings. The highest BCUT2D eigenvalue weighted by atomic mass is 35.5. The normalized spacial score (nSPS) is 9.55. The molecule has 0 saturated heterocycles. The van der Waals surface area contributed by atoms with Gasteiger partial charge in [-0.25, -0.2) is 0 Å². The summed E-state index contributed by atoms with van der Waals surface area (Å²) in [4.78, 5) is 10.5. The number of carbonyl (C=O) groups is 1. The minimum atomic E-state index is -0.591. The monoisotopic (exact) mass is 170 g/mol. The van der Waals surface area contributed by atoms with E-state index >= 15 is 0 Å². The van der Waals surface area contributed by atoms with Gasteiger partial charge in [0.15, 0.2) is 5.75 Å². The average molecular weight is 171 g/mol. The van der Waals surface area contributed by atoms with Crippen molar-refractivity contribution in [1.29, 1.82) is 0 Å². The standard InChI is InChI=1S/C7H5ClNO2/c8-5-3-4(7(9)11)1-2-6(5)10/h1-3H,(H2,9,11). The Morgan fingerprint density at radius 1 is 1.45 bits per heavy atom. The van der Waals surface area contributed by atoms with Crippen molar-refractivity contribution in [3.8, 4) is 5.75 Å². The largest absolute Gasteiger partial charge is 0.366 e. The molecule has 1 amide bonds. The number of hydrogen-bond acceptors (Lipinski definition) is 1. The van der Waals surface area contributed by atoms with E-state index in [0.717, 1.165) is 0 Å². The maximum Gasteiger partial charge on any atom is 0.248 e. The van der Waals surface area contributed by atoms with Crippen LogP contribution in [0.25, 0.3) is 0 Å². The summed E-state index contributed by atoms with van der Waals surface area (Å²) in [5.41, 5.74) is 5.18. The van der Waals surface area contributed by atoms with Crippen molar-refractivity contribution in [2.75, 3.05) is 0 Å². The quantitative estimate of drug-likeness (QED) is 0.684. The molecular formula is C7H5ClNO2. The van der Waals surface area contributed by atoms with Crippen LogP contribution in [0.1, 0.15) is 10.4 Å². The Bertz CT molecular complexity index is 298. The molecule has 0 unspecified atom stereocenters. The predicted molar refractivity (Wildman–Crippen MR) is 40.1 cm³/mol. The summed E-state index contributed by atoms with van der Waals surface area (Å²) in [5.74, 6) is -0.899. The molecule has 57 valence electrons. The molecule has 1 aromatic rings. The summed E-state index contributed by atoms with van der Waals surface area (Å²) in [5, 5.41) is 10.7. The Balaban J connectivity index is 3.15. The molecule has 2 N–H and O–H groups in total. The van der Waals surface area contributed by atoms with E-state index < -0.39 is 5.91 Å². The van der Waals surface area contributed by atoms with Gasteiger partial charge in [-0.15, -0.1) is 0 Å². The fourth-order valence-corrected chi connectivity index (χ4v) is 0.835. The van der Waals surface area contributed by atoms with Crippen LogP contribution in [0.4, 0.5) is 0 Å². The maximum atomic E-state index is 10.7. The summed E-state index contributed by atoms with van der Waals surface area (Å²) in [6, 6.07) is 3.81. The first kappa shape index (κ1) is 7.88. The van der Waals surface area contributed by atoms with Crippen molar-refractivity contribution >= 4 is 17.5 Å². The van der Waals surface area contributed by atoms with Gasteiger partial charge in [-0.1, -0.05) is 11.6 Å². The van der Waals surface area contributed by atoms with Crippen molar-refractivity contribution < 1.29 is 9.90 Å². The molecule has 0 aromatic heterocycles. The van der Waals surface area contributed by atoms with Gasteiger partial charge in [-0.05, 0) is 18.2 Å². The van der Waals surface area contributed by atoms with Crippen LogP contribution in [0.5, 0.6) is 5.75 Å². The molecule has 4 heteroatoms. The number of carbonyl (C=O) groups excluding carboxylic acids is 1. The number of rotatable bonds is 1. The molecule has 1 radical (unpaired) electrons. The van der Waals surface area contributed by atoms with Crippen LogP contribution in [0.3, 0.4) is 0 Å². The van der Waals surface area contributed by atoms with E-state index in [0.29, 0.717) is 0 Å². The third kappa shape index (κ3) is 1.62. The van der Waals surface area contributed by atoms with Gasteiger partial charge in [0.05, 0.1) is 5.02 Å².